The number of benzene rings is 2. The van der Waals surface area contributed by atoms with E-state index >= 15 is 0 Å². The number of carbonyl (C=O) groups is 1. The molecule has 0 saturated carbocycles. The van der Waals surface area contributed by atoms with Gasteiger partial charge in [-0.05, 0) is 62.1 Å². The Hall–Kier alpha value is -2.13. The van der Waals surface area contributed by atoms with Gasteiger partial charge in [0.15, 0.2) is 0 Å². The Morgan fingerprint density at radius 2 is 1.88 bits per heavy atom. The van der Waals surface area contributed by atoms with Crippen LogP contribution >= 0.6 is 11.3 Å². The fraction of sp³-hybridized carbons (Fsp3) is 0.348. The van der Waals surface area contributed by atoms with E-state index in [9.17, 15) is 4.79 Å². The third kappa shape index (κ3) is 3.28. The molecule has 1 aliphatic heterocycles. The molecular weight excluding hydrogens is 338 g/mol. The molecule has 1 amide bonds. The predicted octanol–water partition coefficient (Wildman–Crippen LogP) is 5.82. The standard InChI is InChI=1S/C23H25NOS/c1-16-10-12-18(13-11-16)15-20-19-8-3-4-9-21(19)26-22(20)23(25)24-14-6-5-7-17(24)2/h3-4,8-13,17H,5-7,14-15H2,1-2H3. The zero-order valence-corrected chi connectivity index (χ0v) is 16.3. The fourth-order valence-electron chi connectivity index (χ4n) is 3.89. The Kier molecular flexibility index (Phi) is 4.82. The second-order valence-corrected chi connectivity index (χ2v) is 8.46. The lowest BCUT2D eigenvalue weighted by Crippen LogP contribution is -2.42. The molecule has 134 valence electrons. The van der Waals surface area contributed by atoms with Crippen molar-refractivity contribution in [2.24, 2.45) is 0 Å². The van der Waals surface area contributed by atoms with Crippen LogP contribution in [0.15, 0.2) is 48.5 Å². The lowest BCUT2D eigenvalue weighted by atomic mass is 9.99. The molecule has 1 aromatic heterocycles. The molecule has 1 unspecified atom stereocenters. The van der Waals surface area contributed by atoms with E-state index in [-0.39, 0.29) is 5.91 Å². The third-order valence-electron chi connectivity index (χ3n) is 5.46. The van der Waals surface area contributed by atoms with Gasteiger partial charge >= 0.3 is 0 Å². The van der Waals surface area contributed by atoms with Crippen LogP contribution in [0, 0.1) is 6.92 Å². The lowest BCUT2D eigenvalue weighted by molar-refractivity contribution is 0.0640. The first-order valence-electron chi connectivity index (χ1n) is 9.50. The summed E-state index contributed by atoms with van der Waals surface area (Å²) in [5.41, 5.74) is 3.72. The van der Waals surface area contributed by atoms with Crippen LogP contribution in [-0.4, -0.2) is 23.4 Å². The fourth-order valence-corrected chi connectivity index (χ4v) is 5.06. The number of nitrogens with zero attached hydrogens (tertiary/aromatic N) is 1. The normalized spacial score (nSPS) is 17.6. The molecule has 1 fully saturated rings. The van der Waals surface area contributed by atoms with E-state index in [0.29, 0.717) is 6.04 Å². The number of thiophene rings is 1. The van der Waals surface area contributed by atoms with Crippen LogP contribution in [0.5, 0.6) is 0 Å². The minimum Gasteiger partial charge on any atom is -0.335 e. The van der Waals surface area contributed by atoms with E-state index in [4.69, 9.17) is 0 Å². The van der Waals surface area contributed by atoms with Crippen LogP contribution in [-0.2, 0) is 6.42 Å². The molecule has 3 heteroatoms. The van der Waals surface area contributed by atoms with E-state index in [1.54, 1.807) is 11.3 Å². The molecule has 2 nitrogen and oxygen atoms in total. The van der Waals surface area contributed by atoms with Crippen LogP contribution in [0.3, 0.4) is 0 Å². The van der Waals surface area contributed by atoms with Crippen molar-refractivity contribution in [2.45, 2.75) is 45.6 Å². The summed E-state index contributed by atoms with van der Waals surface area (Å²) < 4.78 is 1.21. The van der Waals surface area contributed by atoms with Gasteiger partial charge in [-0.15, -0.1) is 11.3 Å². The monoisotopic (exact) mass is 363 g/mol. The van der Waals surface area contributed by atoms with Crippen molar-refractivity contribution >= 4 is 27.3 Å². The molecule has 2 aromatic carbocycles. The first-order valence-corrected chi connectivity index (χ1v) is 10.3. The quantitative estimate of drug-likeness (QED) is 0.574. The Balaban J connectivity index is 1.76. The topological polar surface area (TPSA) is 20.3 Å². The largest absolute Gasteiger partial charge is 0.335 e. The van der Waals surface area contributed by atoms with Gasteiger partial charge in [-0.25, -0.2) is 0 Å². The van der Waals surface area contributed by atoms with Gasteiger partial charge in [-0.1, -0.05) is 48.0 Å². The molecule has 0 aliphatic carbocycles. The summed E-state index contributed by atoms with van der Waals surface area (Å²) in [6.45, 7) is 5.18. The van der Waals surface area contributed by atoms with E-state index in [1.165, 1.54) is 33.2 Å². The van der Waals surface area contributed by atoms with Crippen LogP contribution in [0.2, 0.25) is 0 Å². The van der Waals surface area contributed by atoms with Gasteiger partial charge < -0.3 is 4.90 Å². The molecule has 0 spiro atoms. The molecule has 4 rings (SSSR count). The molecule has 1 atom stereocenters. The minimum absolute atomic E-state index is 0.223. The van der Waals surface area contributed by atoms with E-state index in [0.717, 1.165) is 30.7 Å². The number of fused-ring (bicyclic) bond motifs is 1. The maximum atomic E-state index is 13.4. The molecule has 26 heavy (non-hydrogen) atoms. The van der Waals surface area contributed by atoms with E-state index in [1.807, 2.05) is 0 Å². The van der Waals surface area contributed by atoms with Crippen molar-refractivity contribution in [1.82, 2.24) is 4.90 Å². The van der Waals surface area contributed by atoms with Crippen LogP contribution in [0.4, 0.5) is 0 Å². The summed E-state index contributed by atoms with van der Waals surface area (Å²) in [5, 5.41) is 1.23. The zero-order chi connectivity index (χ0) is 18.1. The average molecular weight is 364 g/mol. The molecule has 0 bridgehead atoms. The van der Waals surface area contributed by atoms with Crippen molar-refractivity contribution in [1.29, 1.82) is 0 Å². The number of rotatable bonds is 3. The lowest BCUT2D eigenvalue weighted by Gasteiger charge is -2.33. The van der Waals surface area contributed by atoms with Gasteiger partial charge in [0.2, 0.25) is 0 Å². The highest BCUT2D eigenvalue weighted by molar-refractivity contribution is 7.21. The number of piperidine rings is 1. The molecule has 2 heterocycles. The number of carbonyl (C=O) groups excluding carboxylic acids is 1. The number of hydrogen-bond donors (Lipinski definition) is 0. The molecule has 1 aliphatic rings. The summed E-state index contributed by atoms with van der Waals surface area (Å²) in [5.74, 6) is 0.223. The van der Waals surface area contributed by atoms with Gasteiger partial charge in [-0.2, -0.15) is 0 Å². The summed E-state index contributed by atoms with van der Waals surface area (Å²) in [4.78, 5) is 16.4. The van der Waals surface area contributed by atoms with Crippen molar-refractivity contribution in [3.63, 3.8) is 0 Å². The van der Waals surface area contributed by atoms with Crippen molar-refractivity contribution in [2.75, 3.05) is 6.54 Å². The number of amides is 1. The van der Waals surface area contributed by atoms with Crippen LogP contribution in [0.25, 0.3) is 10.1 Å². The molecule has 0 N–H and O–H groups in total. The number of aryl methyl sites for hydroxylation is 1. The summed E-state index contributed by atoms with van der Waals surface area (Å²) in [7, 11) is 0. The first-order chi connectivity index (χ1) is 12.6. The Bertz CT molecular complexity index is 925. The minimum atomic E-state index is 0.223. The highest BCUT2D eigenvalue weighted by Crippen LogP contribution is 2.35. The van der Waals surface area contributed by atoms with Crippen molar-refractivity contribution in [3.8, 4) is 0 Å². The van der Waals surface area contributed by atoms with E-state index < -0.39 is 0 Å². The second-order valence-electron chi connectivity index (χ2n) is 7.41. The van der Waals surface area contributed by atoms with Gasteiger partial charge in [0.25, 0.3) is 5.91 Å². The maximum absolute atomic E-state index is 13.4. The summed E-state index contributed by atoms with van der Waals surface area (Å²) in [6, 6.07) is 17.4. The van der Waals surface area contributed by atoms with Gasteiger partial charge in [0.1, 0.15) is 0 Å². The molecule has 0 radical (unpaired) electrons. The van der Waals surface area contributed by atoms with Crippen molar-refractivity contribution < 1.29 is 4.79 Å². The van der Waals surface area contributed by atoms with E-state index in [2.05, 4.69) is 67.3 Å². The third-order valence-corrected chi connectivity index (χ3v) is 6.66. The SMILES string of the molecule is Cc1ccc(Cc2c(C(=O)N3CCCCC3C)sc3ccccc23)cc1. The van der Waals surface area contributed by atoms with Crippen LogP contribution < -0.4 is 0 Å². The Morgan fingerprint density at radius 3 is 2.65 bits per heavy atom. The molecule has 1 saturated heterocycles. The highest BCUT2D eigenvalue weighted by atomic mass is 32.1. The average Bonchev–Trinajstić information content (AvgIpc) is 3.02. The van der Waals surface area contributed by atoms with Gasteiger partial charge in [-0.3, -0.25) is 4.79 Å². The summed E-state index contributed by atoms with van der Waals surface area (Å²) in [6.07, 6.45) is 4.28. The molecular formula is C23H25NOS. The Labute approximate surface area is 159 Å². The summed E-state index contributed by atoms with van der Waals surface area (Å²) >= 11 is 1.66. The predicted molar refractivity (Wildman–Crippen MR) is 110 cm³/mol. The van der Waals surface area contributed by atoms with Crippen LogP contribution in [0.1, 0.15) is 52.5 Å². The Morgan fingerprint density at radius 1 is 1.12 bits per heavy atom. The molecule has 3 aromatic rings. The van der Waals surface area contributed by atoms with Crippen molar-refractivity contribution in [3.05, 3.63) is 70.1 Å². The highest BCUT2D eigenvalue weighted by Gasteiger charge is 2.28. The van der Waals surface area contributed by atoms with Gasteiger partial charge in [0.05, 0.1) is 4.88 Å². The van der Waals surface area contributed by atoms with Gasteiger partial charge in [0, 0.05) is 17.3 Å². The number of likely N-dealkylation sites (tertiary alicyclic amines) is 1. The number of hydrogen-bond acceptors (Lipinski definition) is 2. The zero-order valence-electron chi connectivity index (χ0n) is 15.5. The maximum Gasteiger partial charge on any atom is 0.264 e. The second kappa shape index (κ2) is 7.24. The smallest absolute Gasteiger partial charge is 0.264 e. The first kappa shape index (κ1) is 17.3.